The monoisotopic (exact) mass is 344 g/mol. The maximum atomic E-state index is 12.4. The Morgan fingerprint density at radius 3 is 2.79 bits per heavy atom. The first-order chi connectivity index (χ1) is 11.7. The molecule has 1 atom stereocenters. The molecule has 1 aliphatic heterocycles. The number of benzene rings is 1. The number of hydrogen-bond acceptors (Lipinski definition) is 4. The summed E-state index contributed by atoms with van der Waals surface area (Å²) < 4.78 is 5.37. The van der Waals surface area contributed by atoms with Gasteiger partial charge < -0.3 is 15.0 Å². The first-order valence-corrected chi connectivity index (χ1v) is 8.89. The van der Waals surface area contributed by atoms with Crippen molar-refractivity contribution in [2.24, 2.45) is 0 Å². The molecule has 1 N–H and O–H groups in total. The highest BCUT2D eigenvalue weighted by Gasteiger charge is 2.30. The molecule has 0 saturated carbocycles. The Kier molecular flexibility index (Phi) is 5.48. The zero-order valence-corrected chi connectivity index (χ0v) is 14.1. The van der Waals surface area contributed by atoms with Gasteiger partial charge in [0, 0.05) is 11.4 Å². The van der Waals surface area contributed by atoms with Gasteiger partial charge in [-0.1, -0.05) is 24.3 Å². The van der Waals surface area contributed by atoms with E-state index in [0.717, 1.165) is 19.4 Å². The lowest BCUT2D eigenvalue weighted by Crippen LogP contribution is -2.41. The van der Waals surface area contributed by atoms with Gasteiger partial charge in [-0.05, 0) is 36.4 Å². The van der Waals surface area contributed by atoms with Gasteiger partial charge in [-0.25, -0.2) is 0 Å². The maximum absolute atomic E-state index is 12.4. The van der Waals surface area contributed by atoms with E-state index in [1.54, 1.807) is 23.5 Å². The Labute approximate surface area is 145 Å². The van der Waals surface area contributed by atoms with Gasteiger partial charge in [0.2, 0.25) is 5.91 Å². The molecule has 2 heterocycles. The number of para-hydroxylation sites is 1. The molecule has 0 radical (unpaired) electrons. The summed E-state index contributed by atoms with van der Waals surface area (Å²) in [4.78, 5) is 27.3. The van der Waals surface area contributed by atoms with Crippen molar-refractivity contribution in [1.82, 2.24) is 10.2 Å². The van der Waals surface area contributed by atoms with Gasteiger partial charge in [-0.15, -0.1) is 11.3 Å². The first-order valence-electron chi connectivity index (χ1n) is 8.01. The molecule has 24 heavy (non-hydrogen) atoms. The van der Waals surface area contributed by atoms with Gasteiger partial charge in [0.15, 0.2) is 6.61 Å². The van der Waals surface area contributed by atoms with Crippen LogP contribution in [-0.4, -0.2) is 36.4 Å². The minimum atomic E-state index is -0.293. The van der Waals surface area contributed by atoms with Gasteiger partial charge >= 0.3 is 0 Å². The second kappa shape index (κ2) is 7.97. The fourth-order valence-electron chi connectivity index (χ4n) is 2.83. The van der Waals surface area contributed by atoms with E-state index in [4.69, 9.17) is 4.74 Å². The molecule has 2 amide bonds. The number of hydrogen-bond donors (Lipinski definition) is 1. The van der Waals surface area contributed by atoms with Crippen LogP contribution >= 0.6 is 11.3 Å². The Hall–Kier alpha value is -2.34. The maximum Gasteiger partial charge on any atom is 0.258 e. The third-order valence-corrected chi connectivity index (χ3v) is 4.97. The standard InChI is InChI=1S/C18H20N2O3S/c21-17(13-23-14-6-2-1-3-7-14)19-12-18(22)20-10-4-8-15(20)16-9-5-11-24-16/h1-3,5-7,9,11,15H,4,8,10,12-13H2,(H,19,21)/t15-/m0/s1. The number of carbonyl (C=O) groups is 2. The number of rotatable bonds is 6. The summed E-state index contributed by atoms with van der Waals surface area (Å²) in [6.07, 6.45) is 1.98. The van der Waals surface area contributed by atoms with E-state index in [1.165, 1.54) is 4.88 Å². The van der Waals surface area contributed by atoms with Crippen LogP contribution in [0.3, 0.4) is 0 Å². The molecule has 1 fully saturated rings. The van der Waals surface area contributed by atoms with Crippen LogP contribution in [0.15, 0.2) is 47.8 Å². The van der Waals surface area contributed by atoms with Gasteiger partial charge in [-0.2, -0.15) is 0 Å². The third kappa shape index (κ3) is 4.14. The number of nitrogens with one attached hydrogen (secondary N) is 1. The SMILES string of the molecule is O=C(COc1ccccc1)NCC(=O)N1CCC[C@H]1c1cccs1. The number of nitrogens with zero attached hydrogens (tertiary/aromatic N) is 1. The highest BCUT2D eigenvalue weighted by atomic mass is 32.1. The quantitative estimate of drug-likeness (QED) is 0.876. The van der Waals surface area contributed by atoms with Gasteiger partial charge in [-0.3, -0.25) is 9.59 Å². The van der Waals surface area contributed by atoms with E-state index < -0.39 is 0 Å². The van der Waals surface area contributed by atoms with Crippen LogP contribution in [0, 0.1) is 0 Å². The Morgan fingerprint density at radius 1 is 1.21 bits per heavy atom. The molecule has 0 aliphatic carbocycles. The minimum absolute atomic E-state index is 0.0128. The highest BCUT2D eigenvalue weighted by Crippen LogP contribution is 2.34. The van der Waals surface area contributed by atoms with E-state index in [0.29, 0.717) is 5.75 Å². The van der Waals surface area contributed by atoms with Crippen LogP contribution in [0.5, 0.6) is 5.75 Å². The molecule has 1 aliphatic rings. The average Bonchev–Trinajstić information content (AvgIpc) is 3.29. The molecule has 1 saturated heterocycles. The molecule has 0 unspecified atom stereocenters. The van der Waals surface area contributed by atoms with Crippen molar-refractivity contribution in [1.29, 1.82) is 0 Å². The van der Waals surface area contributed by atoms with Crippen LogP contribution in [-0.2, 0) is 9.59 Å². The molecule has 6 heteroatoms. The minimum Gasteiger partial charge on any atom is -0.484 e. The lowest BCUT2D eigenvalue weighted by atomic mass is 10.2. The average molecular weight is 344 g/mol. The summed E-state index contributed by atoms with van der Waals surface area (Å²) in [7, 11) is 0. The van der Waals surface area contributed by atoms with Crippen LogP contribution in [0.2, 0.25) is 0 Å². The van der Waals surface area contributed by atoms with E-state index in [-0.39, 0.29) is 31.0 Å². The highest BCUT2D eigenvalue weighted by molar-refractivity contribution is 7.10. The fourth-order valence-corrected chi connectivity index (χ4v) is 3.71. The van der Waals surface area contributed by atoms with Crippen molar-refractivity contribution >= 4 is 23.2 Å². The normalized spacial score (nSPS) is 16.8. The summed E-state index contributed by atoms with van der Waals surface area (Å²) in [6.45, 7) is 0.669. The van der Waals surface area contributed by atoms with Gasteiger partial charge in [0.05, 0.1) is 12.6 Å². The van der Waals surface area contributed by atoms with Crippen molar-refractivity contribution in [2.75, 3.05) is 19.7 Å². The summed E-state index contributed by atoms with van der Waals surface area (Å²) in [5.41, 5.74) is 0. The van der Waals surface area contributed by atoms with Gasteiger partial charge in [0.25, 0.3) is 5.91 Å². The summed E-state index contributed by atoms with van der Waals surface area (Å²) in [5.74, 6) is 0.300. The molecule has 3 rings (SSSR count). The predicted molar refractivity (Wildman–Crippen MR) is 93.0 cm³/mol. The summed E-state index contributed by atoms with van der Waals surface area (Å²) in [6, 6.07) is 13.4. The largest absolute Gasteiger partial charge is 0.484 e. The topological polar surface area (TPSA) is 58.6 Å². The molecular weight excluding hydrogens is 324 g/mol. The molecular formula is C18H20N2O3S. The van der Waals surface area contributed by atoms with Crippen molar-refractivity contribution in [3.63, 3.8) is 0 Å². The van der Waals surface area contributed by atoms with Crippen LogP contribution < -0.4 is 10.1 Å². The smallest absolute Gasteiger partial charge is 0.258 e. The van der Waals surface area contributed by atoms with Crippen LogP contribution in [0.1, 0.15) is 23.8 Å². The number of thiophene rings is 1. The van der Waals surface area contributed by atoms with E-state index in [9.17, 15) is 9.59 Å². The van der Waals surface area contributed by atoms with E-state index in [2.05, 4.69) is 11.4 Å². The lowest BCUT2D eigenvalue weighted by Gasteiger charge is -2.24. The molecule has 5 nitrogen and oxygen atoms in total. The number of amides is 2. The summed E-state index contributed by atoms with van der Waals surface area (Å²) >= 11 is 1.67. The van der Waals surface area contributed by atoms with Crippen molar-refractivity contribution in [3.05, 3.63) is 52.7 Å². The number of likely N-dealkylation sites (tertiary alicyclic amines) is 1. The zero-order valence-electron chi connectivity index (χ0n) is 13.3. The molecule has 0 spiro atoms. The van der Waals surface area contributed by atoms with E-state index >= 15 is 0 Å². The van der Waals surface area contributed by atoms with Crippen molar-refractivity contribution in [2.45, 2.75) is 18.9 Å². The second-order valence-electron chi connectivity index (χ2n) is 5.64. The van der Waals surface area contributed by atoms with Gasteiger partial charge in [0.1, 0.15) is 5.75 Å². The first kappa shape index (κ1) is 16.5. The Balaban J connectivity index is 1.45. The molecule has 1 aromatic carbocycles. The Morgan fingerprint density at radius 2 is 2.04 bits per heavy atom. The van der Waals surface area contributed by atoms with Crippen molar-refractivity contribution < 1.29 is 14.3 Å². The summed E-state index contributed by atoms with van der Waals surface area (Å²) in [5, 5.41) is 4.67. The third-order valence-electron chi connectivity index (χ3n) is 3.99. The predicted octanol–water partition coefficient (Wildman–Crippen LogP) is 2.61. The molecule has 0 bridgehead atoms. The Bertz CT molecular complexity index is 673. The molecule has 1 aromatic heterocycles. The molecule has 2 aromatic rings. The lowest BCUT2D eigenvalue weighted by molar-refractivity contribution is -0.134. The van der Waals surface area contributed by atoms with Crippen molar-refractivity contribution in [3.8, 4) is 5.75 Å². The van der Waals surface area contributed by atoms with E-state index in [1.807, 2.05) is 34.5 Å². The molecule has 126 valence electrons. The van der Waals surface area contributed by atoms with Crippen LogP contribution in [0.25, 0.3) is 0 Å². The second-order valence-corrected chi connectivity index (χ2v) is 6.62. The van der Waals surface area contributed by atoms with Crippen LogP contribution in [0.4, 0.5) is 0 Å². The number of carbonyl (C=O) groups excluding carboxylic acids is 2. The number of ether oxygens (including phenoxy) is 1. The zero-order chi connectivity index (χ0) is 16.8. The fraction of sp³-hybridized carbons (Fsp3) is 0.333.